The Balaban J connectivity index is 2.30. The summed E-state index contributed by atoms with van der Waals surface area (Å²) in [5, 5.41) is 0. The molecule has 1 aromatic rings. The molecule has 1 saturated heterocycles. The lowest BCUT2D eigenvalue weighted by Gasteiger charge is -2.39. The Morgan fingerprint density at radius 2 is 1.85 bits per heavy atom. The predicted octanol–water partition coefficient (Wildman–Crippen LogP) is 3.73. The van der Waals surface area contributed by atoms with Crippen LogP contribution in [-0.4, -0.2) is 44.6 Å². The van der Waals surface area contributed by atoms with Gasteiger partial charge in [0.1, 0.15) is 5.75 Å². The highest BCUT2D eigenvalue weighted by atomic mass is 32.2. The predicted molar refractivity (Wildman–Crippen MR) is 92.0 cm³/mol. The maximum Gasteiger partial charge on any atom is 0.534 e. The van der Waals surface area contributed by atoms with E-state index in [1.54, 1.807) is 26.0 Å². The van der Waals surface area contributed by atoms with Crippen molar-refractivity contribution >= 4 is 16.2 Å². The summed E-state index contributed by atoms with van der Waals surface area (Å²) in [6.07, 6.45) is 0.411. The van der Waals surface area contributed by atoms with Crippen molar-refractivity contribution in [2.24, 2.45) is 0 Å². The van der Waals surface area contributed by atoms with Gasteiger partial charge >= 0.3 is 21.7 Å². The summed E-state index contributed by atoms with van der Waals surface area (Å²) in [5.41, 5.74) is -5.22. The molecule has 0 unspecified atom stereocenters. The van der Waals surface area contributed by atoms with Gasteiger partial charge in [0.2, 0.25) is 0 Å². The molecule has 1 aromatic carbocycles. The number of halogens is 3. The highest BCUT2D eigenvalue weighted by Gasteiger charge is 2.49. The molecule has 0 N–H and O–H groups in total. The molecule has 10 heteroatoms. The number of rotatable bonds is 4. The molecule has 6 nitrogen and oxygen atoms in total. The smallest absolute Gasteiger partial charge is 0.450 e. The van der Waals surface area contributed by atoms with Crippen LogP contribution in [-0.2, 0) is 20.3 Å². The fraction of sp³-hybridized carbons (Fsp3) is 0.588. The molecule has 1 fully saturated rings. The van der Waals surface area contributed by atoms with Crippen LogP contribution in [0.1, 0.15) is 37.8 Å². The van der Waals surface area contributed by atoms with Crippen molar-refractivity contribution in [2.45, 2.75) is 44.5 Å². The van der Waals surface area contributed by atoms with E-state index in [-0.39, 0.29) is 12.4 Å². The molecule has 0 bridgehead atoms. The van der Waals surface area contributed by atoms with Crippen LogP contribution >= 0.6 is 0 Å². The molecule has 27 heavy (non-hydrogen) atoms. The molecule has 0 aliphatic carbocycles. The largest absolute Gasteiger partial charge is 0.534 e. The second-order valence-corrected chi connectivity index (χ2v) is 8.27. The maximum atomic E-state index is 12.7. The van der Waals surface area contributed by atoms with Crippen LogP contribution in [0.3, 0.4) is 0 Å². The lowest BCUT2D eigenvalue weighted by molar-refractivity contribution is -0.0500. The van der Waals surface area contributed by atoms with Gasteiger partial charge in [0, 0.05) is 18.7 Å². The lowest BCUT2D eigenvalue weighted by Crippen LogP contribution is -2.44. The molecule has 0 aromatic heterocycles. The molecule has 1 heterocycles. The lowest BCUT2D eigenvalue weighted by atomic mass is 9.74. The van der Waals surface area contributed by atoms with Crippen LogP contribution in [0.5, 0.6) is 5.75 Å². The van der Waals surface area contributed by atoms with Gasteiger partial charge in [0.15, 0.2) is 0 Å². The van der Waals surface area contributed by atoms with Gasteiger partial charge < -0.3 is 13.8 Å². The van der Waals surface area contributed by atoms with Gasteiger partial charge in [-0.25, -0.2) is 4.79 Å². The summed E-state index contributed by atoms with van der Waals surface area (Å²) in [5.74, 6) is -0.334. The van der Waals surface area contributed by atoms with Gasteiger partial charge in [-0.2, -0.15) is 21.6 Å². The summed E-state index contributed by atoms with van der Waals surface area (Å²) < 4.78 is 70.5. The van der Waals surface area contributed by atoms with Crippen molar-refractivity contribution in [2.75, 3.05) is 19.7 Å². The minimum atomic E-state index is -5.77. The number of carbonyl (C=O) groups is 1. The molecule has 0 saturated carbocycles. The van der Waals surface area contributed by atoms with Crippen molar-refractivity contribution in [3.8, 4) is 5.75 Å². The average Bonchev–Trinajstić information content (AvgIpc) is 2.54. The fourth-order valence-electron chi connectivity index (χ4n) is 3.03. The van der Waals surface area contributed by atoms with E-state index in [4.69, 9.17) is 4.74 Å². The van der Waals surface area contributed by atoms with Crippen LogP contribution in [0.2, 0.25) is 0 Å². The van der Waals surface area contributed by atoms with E-state index in [0.717, 1.165) is 0 Å². The topological polar surface area (TPSA) is 72.9 Å². The second-order valence-electron chi connectivity index (χ2n) is 6.73. The van der Waals surface area contributed by atoms with Crippen molar-refractivity contribution in [1.82, 2.24) is 4.90 Å². The van der Waals surface area contributed by atoms with Crippen LogP contribution in [0.15, 0.2) is 18.2 Å². The first-order valence-corrected chi connectivity index (χ1v) is 9.84. The van der Waals surface area contributed by atoms with Crippen LogP contribution in [0.25, 0.3) is 0 Å². The summed E-state index contributed by atoms with van der Waals surface area (Å²) >= 11 is 0. The fourth-order valence-corrected chi connectivity index (χ4v) is 3.50. The van der Waals surface area contributed by atoms with Gasteiger partial charge in [0.25, 0.3) is 0 Å². The number of ether oxygens (including phenoxy) is 1. The third-order valence-electron chi connectivity index (χ3n) is 4.66. The molecule has 0 atom stereocenters. The monoisotopic (exact) mass is 409 g/mol. The molecular weight excluding hydrogens is 387 g/mol. The van der Waals surface area contributed by atoms with Gasteiger partial charge in [-0.15, -0.1) is 0 Å². The van der Waals surface area contributed by atoms with E-state index in [9.17, 15) is 26.4 Å². The Morgan fingerprint density at radius 1 is 1.26 bits per heavy atom. The third-order valence-corrected chi connectivity index (χ3v) is 5.63. The Labute approximate surface area is 156 Å². The minimum absolute atomic E-state index is 0.248. The highest BCUT2D eigenvalue weighted by Crippen LogP contribution is 2.42. The first-order valence-electron chi connectivity index (χ1n) is 8.43. The van der Waals surface area contributed by atoms with E-state index in [0.29, 0.717) is 37.1 Å². The van der Waals surface area contributed by atoms with Crippen LogP contribution < -0.4 is 4.18 Å². The summed E-state index contributed by atoms with van der Waals surface area (Å²) in [6, 6.07) is 4.55. The van der Waals surface area contributed by atoms with E-state index in [2.05, 4.69) is 4.18 Å². The molecule has 1 amide bonds. The van der Waals surface area contributed by atoms with Crippen molar-refractivity contribution in [1.29, 1.82) is 0 Å². The highest BCUT2D eigenvalue weighted by molar-refractivity contribution is 7.88. The Kier molecular flexibility index (Phi) is 5.98. The van der Waals surface area contributed by atoms with E-state index < -0.39 is 27.1 Å². The van der Waals surface area contributed by atoms with E-state index in [1.165, 1.54) is 11.0 Å². The normalized spacial score (nSPS) is 17.5. The quantitative estimate of drug-likeness (QED) is 0.560. The molecule has 2 rings (SSSR count). The number of amides is 1. The number of nitrogens with zero attached hydrogens (tertiary/aromatic N) is 1. The number of hydrogen-bond donors (Lipinski definition) is 0. The van der Waals surface area contributed by atoms with Crippen LogP contribution in [0, 0.1) is 6.92 Å². The standard InChI is InChI=1S/C17H22F3NO5S/c1-4-25-15(22)21-9-7-16(3,8-10-21)13-6-5-12(2)11-14(13)26-27(23,24)17(18,19)20/h5-6,11H,4,7-10H2,1-3H3. The minimum Gasteiger partial charge on any atom is -0.450 e. The molecule has 0 spiro atoms. The van der Waals surface area contributed by atoms with Crippen LogP contribution in [0.4, 0.5) is 18.0 Å². The molecule has 1 aliphatic heterocycles. The summed E-state index contributed by atoms with van der Waals surface area (Å²) in [7, 11) is -5.77. The zero-order valence-corrected chi connectivity index (χ0v) is 16.1. The molecular formula is C17H22F3NO5S. The van der Waals surface area contributed by atoms with E-state index >= 15 is 0 Å². The molecule has 152 valence electrons. The van der Waals surface area contributed by atoms with Crippen molar-refractivity contribution in [3.63, 3.8) is 0 Å². The SMILES string of the molecule is CCOC(=O)N1CCC(C)(c2ccc(C)cc2OS(=O)(=O)C(F)(F)F)CC1. The maximum absolute atomic E-state index is 12.7. The van der Waals surface area contributed by atoms with Gasteiger partial charge in [-0.3, -0.25) is 0 Å². The molecule has 1 aliphatic rings. The van der Waals surface area contributed by atoms with Crippen molar-refractivity contribution < 1.29 is 35.3 Å². The number of benzene rings is 1. The molecule has 0 radical (unpaired) electrons. The Bertz CT molecular complexity index is 799. The van der Waals surface area contributed by atoms with Gasteiger partial charge in [0.05, 0.1) is 6.61 Å². The zero-order chi connectivity index (χ0) is 20.5. The number of carbonyl (C=O) groups excluding carboxylic acids is 1. The van der Waals surface area contributed by atoms with E-state index in [1.807, 2.05) is 6.92 Å². The number of piperidine rings is 1. The summed E-state index contributed by atoms with van der Waals surface area (Å²) in [6.45, 7) is 6.07. The Morgan fingerprint density at radius 3 is 2.37 bits per heavy atom. The van der Waals surface area contributed by atoms with Gasteiger partial charge in [-0.1, -0.05) is 19.1 Å². The van der Waals surface area contributed by atoms with Crippen molar-refractivity contribution in [3.05, 3.63) is 29.3 Å². The third kappa shape index (κ3) is 4.66. The number of aryl methyl sites for hydroxylation is 1. The Hall–Kier alpha value is -1.97. The number of alkyl halides is 3. The first kappa shape index (κ1) is 21.3. The van der Waals surface area contributed by atoms with Gasteiger partial charge in [-0.05, 0) is 43.7 Å². The average molecular weight is 409 g/mol. The number of likely N-dealkylation sites (tertiary alicyclic amines) is 1. The summed E-state index contributed by atoms with van der Waals surface area (Å²) in [4.78, 5) is 13.4. The zero-order valence-electron chi connectivity index (χ0n) is 15.3. The first-order chi connectivity index (χ1) is 12.4. The number of hydrogen-bond acceptors (Lipinski definition) is 5. The second kappa shape index (κ2) is 7.57.